The van der Waals surface area contributed by atoms with Gasteiger partial charge >= 0.3 is 0 Å². The lowest BCUT2D eigenvalue weighted by Gasteiger charge is -2.21. The summed E-state index contributed by atoms with van der Waals surface area (Å²) in [4.78, 5) is 41.1. The van der Waals surface area contributed by atoms with Gasteiger partial charge in [-0.2, -0.15) is 0 Å². The lowest BCUT2D eigenvalue weighted by Crippen LogP contribution is -2.38. The summed E-state index contributed by atoms with van der Waals surface area (Å²) < 4.78 is 0. The Morgan fingerprint density at radius 3 is 1.97 bits per heavy atom. The second-order valence-corrected chi connectivity index (χ2v) is 7.93. The molecular formula is C25H30N4O3. The van der Waals surface area contributed by atoms with Crippen LogP contribution in [0.4, 0.5) is 17.1 Å². The first-order valence-electron chi connectivity index (χ1n) is 10.9. The molecule has 0 aliphatic carbocycles. The van der Waals surface area contributed by atoms with Crippen molar-refractivity contribution in [2.45, 2.75) is 40.7 Å². The summed E-state index contributed by atoms with van der Waals surface area (Å²) in [6.45, 7) is 11.1. The molecule has 0 fully saturated rings. The minimum Gasteiger partial charge on any atom is -0.372 e. The number of nitrogens with zero attached hydrogens (tertiary/aromatic N) is 2. The Hall–Kier alpha value is -3.61. The SMILES string of the molecule is CCN(CC)c1ccc(NC2=C(c3ccc(NC(C)=O)cc3)C(=O)N(C(C)C)C2=O)cc1. The standard InChI is InChI=1S/C25H30N4O3/c1-6-28(7-2)21-14-12-20(13-15-21)27-23-22(24(31)29(16(3)4)25(23)32)18-8-10-19(11-9-18)26-17(5)30/h8-16,27H,6-7H2,1-5H3,(H,26,30). The number of anilines is 3. The molecule has 3 amide bonds. The third kappa shape index (κ3) is 4.66. The van der Waals surface area contributed by atoms with Gasteiger partial charge in [0.25, 0.3) is 11.8 Å². The monoisotopic (exact) mass is 434 g/mol. The third-order valence-corrected chi connectivity index (χ3v) is 5.39. The van der Waals surface area contributed by atoms with Crippen LogP contribution in [0.25, 0.3) is 5.57 Å². The highest BCUT2D eigenvalue weighted by Crippen LogP contribution is 2.32. The van der Waals surface area contributed by atoms with Gasteiger partial charge in [-0.25, -0.2) is 0 Å². The summed E-state index contributed by atoms with van der Waals surface area (Å²) >= 11 is 0. The topological polar surface area (TPSA) is 81.8 Å². The van der Waals surface area contributed by atoms with Crippen LogP contribution in [-0.4, -0.2) is 41.8 Å². The Morgan fingerprint density at radius 2 is 1.47 bits per heavy atom. The molecule has 2 N–H and O–H groups in total. The number of nitrogens with one attached hydrogen (secondary N) is 2. The van der Waals surface area contributed by atoms with Gasteiger partial charge in [0.2, 0.25) is 5.91 Å². The van der Waals surface area contributed by atoms with Crippen LogP contribution in [0.1, 0.15) is 40.2 Å². The van der Waals surface area contributed by atoms with E-state index in [0.29, 0.717) is 16.8 Å². The van der Waals surface area contributed by atoms with E-state index in [2.05, 4.69) is 29.4 Å². The zero-order valence-corrected chi connectivity index (χ0v) is 19.2. The average molecular weight is 435 g/mol. The Balaban J connectivity index is 1.98. The van der Waals surface area contributed by atoms with Crippen molar-refractivity contribution in [2.75, 3.05) is 28.6 Å². The maximum absolute atomic E-state index is 13.2. The minimum absolute atomic E-state index is 0.175. The van der Waals surface area contributed by atoms with Crippen molar-refractivity contribution in [1.82, 2.24) is 4.90 Å². The Bertz CT molecular complexity index is 1040. The van der Waals surface area contributed by atoms with Gasteiger partial charge in [0.15, 0.2) is 0 Å². The van der Waals surface area contributed by atoms with E-state index in [9.17, 15) is 14.4 Å². The number of imide groups is 1. The Morgan fingerprint density at radius 1 is 0.906 bits per heavy atom. The van der Waals surface area contributed by atoms with Gasteiger partial charge in [-0.1, -0.05) is 12.1 Å². The molecule has 0 saturated carbocycles. The van der Waals surface area contributed by atoms with Crippen LogP contribution in [0.15, 0.2) is 54.2 Å². The molecule has 0 unspecified atom stereocenters. The Labute approximate surface area is 189 Å². The summed E-state index contributed by atoms with van der Waals surface area (Å²) in [6, 6.07) is 14.5. The van der Waals surface area contributed by atoms with Crippen LogP contribution in [0, 0.1) is 0 Å². The van der Waals surface area contributed by atoms with Crippen LogP contribution in [0.2, 0.25) is 0 Å². The first-order valence-corrected chi connectivity index (χ1v) is 10.9. The van der Waals surface area contributed by atoms with Gasteiger partial charge in [-0.3, -0.25) is 19.3 Å². The van der Waals surface area contributed by atoms with E-state index in [1.807, 2.05) is 38.1 Å². The zero-order chi connectivity index (χ0) is 23.4. The van der Waals surface area contributed by atoms with Crippen molar-refractivity contribution in [3.8, 4) is 0 Å². The number of amides is 3. The van der Waals surface area contributed by atoms with Crippen LogP contribution in [0.3, 0.4) is 0 Å². The maximum atomic E-state index is 13.2. The number of carbonyl (C=O) groups excluding carboxylic acids is 3. The van der Waals surface area contributed by atoms with Gasteiger partial charge in [0, 0.05) is 43.1 Å². The van der Waals surface area contributed by atoms with Crippen LogP contribution in [-0.2, 0) is 14.4 Å². The fourth-order valence-corrected chi connectivity index (χ4v) is 3.81. The fraction of sp³-hybridized carbons (Fsp3) is 0.320. The molecule has 3 rings (SSSR count). The second kappa shape index (κ2) is 9.68. The number of hydrogen-bond donors (Lipinski definition) is 2. The van der Waals surface area contributed by atoms with Gasteiger partial charge in [-0.05, 0) is 69.7 Å². The second-order valence-electron chi connectivity index (χ2n) is 7.93. The van der Waals surface area contributed by atoms with Gasteiger partial charge in [0.1, 0.15) is 5.70 Å². The molecule has 7 nitrogen and oxygen atoms in total. The number of hydrogen-bond acceptors (Lipinski definition) is 5. The smallest absolute Gasteiger partial charge is 0.278 e. The molecule has 0 aromatic heterocycles. The molecule has 0 saturated heterocycles. The van der Waals surface area contributed by atoms with E-state index in [1.54, 1.807) is 24.3 Å². The number of benzene rings is 2. The highest BCUT2D eigenvalue weighted by Gasteiger charge is 2.40. The molecule has 0 radical (unpaired) electrons. The maximum Gasteiger partial charge on any atom is 0.278 e. The van der Waals surface area contributed by atoms with Gasteiger partial charge in [-0.15, -0.1) is 0 Å². The minimum atomic E-state index is -0.348. The quantitative estimate of drug-likeness (QED) is 0.612. The van der Waals surface area contributed by atoms with Crippen molar-refractivity contribution >= 4 is 40.4 Å². The third-order valence-electron chi connectivity index (χ3n) is 5.39. The van der Waals surface area contributed by atoms with E-state index in [-0.39, 0.29) is 29.5 Å². The predicted octanol–water partition coefficient (Wildman–Crippen LogP) is 4.09. The van der Waals surface area contributed by atoms with Crippen molar-refractivity contribution in [1.29, 1.82) is 0 Å². The Kier molecular flexibility index (Phi) is 6.98. The summed E-state index contributed by atoms with van der Waals surface area (Å²) in [5.41, 5.74) is 3.65. The van der Waals surface area contributed by atoms with E-state index >= 15 is 0 Å². The van der Waals surface area contributed by atoms with Gasteiger partial charge in [0.05, 0.1) is 5.57 Å². The van der Waals surface area contributed by atoms with Crippen molar-refractivity contribution in [2.24, 2.45) is 0 Å². The molecule has 2 aromatic carbocycles. The molecule has 1 heterocycles. The molecule has 0 spiro atoms. The highest BCUT2D eigenvalue weighted by molar-refractivity contribution is 6.36. The van der Waals surface area contributed by atoms with E-state index in [1.165, 1.54) is 11.8 Å². The number of rotatable bonds is 8. The average Bonchev–Trinajstić information content (AvgIpc) is 3.00. The lowest BCUT2D eigenvalue weighted by molar-refractivity contribution is -0.138. The summed E-state index contributed by atoms with van der Waals surface area (Å²) in [6.07, 6.45) is 0. The normalized spacial score (nSPS) is 13.8. The molecule has 32 heavy (non-hydrogen) atoms. The van der Waals surface area contributed by atoms with Crippen LogP contribution < -0.4 is 15.5 Å². The molecular weight excluding hydrogens is 404 g/mol. The first kappa shape index (κ1) is 23.1. The molecule has 0 bridgehead atoms. The van der Waals surface area contributed by atoms with E-state index in [4.69, 9.17) is 0 Å². The molecule has 1 aliphatic heterocycles. The molecule has 2 aromatic rings. The first-order chi connectivity index (χ1) is 15.3. The molecule has 168 valence electrons. The van der Waals surface area contributed by atoms with Crippen LogP contribution >= 0.6 is 0 Å². The summed E-state index contributed by atoms with van der Waals surface area (Å²) in [5.74, 6) is -0.858. The zero-order valence-electron chi connectivity index (χ0n) is 19.2. The van der Waals surface area contributed by atoms with E-state index in [0.717, 1.165) is 24.5 Å². The fourth-order valence-electron chi connectivity index (χ4n) is 3.81. The van der Waals surface area contributed by atoms with E-state index < -0.39 is 0 Å². The molecule has 0 atom stereocenters. The summed E-state index contributed by atoms with van der Waals surface area (Å²) in [7, 11) is 0. The highest BCUT2D eigenvalue weighted by atomic mass is 16.2. The summed E-state index contributed by atoms with van der Waals surface area (Å²) in [5, 5.41) is 5.89. The van der Waals surface area contributed by atoms with Crippen molar-refractivity contribution in [3.05, 3.63) is 59.8 Å². The largest absolute Gasteiger partial charge is 0.372 e. The van der Waals surface area contributed by atoms with Gasteiger partial charge < -0.3 is 15.5 Å². The molecule has 1 aliphatic rings. The van der Waals surface area contributed by atoms with Crippen LogP contribution in [0.5, 0.6) is 0 Å². The van der Waals surface area contributed by atoms with Crippen molar-refractivity contribution in [3.63, 3.8) is 0 Å². The van der Waals surface area contributed by atoms with Crippen molar-refractivity contribution < 1.29 is 14.4 Å². The lowest BCUT2D eigenvalue weighted by atomic mass is 10.0. The predicted molar refractivity (Wildman–Crippen MR) is 128 cm³/mol. The molecule has 7 heteroatoms. The number of carbonyl (C=O) groups is 3.